The molecule has 0 unspecified atom stereocenters. The third-order valence-electron chi connectivity index (χ3n) is 6.16. The predicted octanol–water partition coefficient (Wildman–Crippen LogP) is 5.54. The van der Waals surface area contributed by atoms with Crippen molar-refractivity contribution in [3.63, 3.8) is 0 Å². The molecule has 2 heterocycles. The lowest BCUT2D eigenvalue weighted by atomic mass is 9.86. The van der Waals surface area contributed by atoms with Gasteiger partial charge in [0.1, 0.15) is 17.1 Å². The second-order valence-electron chi connectivity index (χ2n) is 9.40. The fourth-order valence-electron chi connectivity index (χ4n) is 4.12. The first-order valence-electron chi connectivity index (χ1n) is 12.5. The quantitative estimate of drug-likeness (QED) is 0.222. The predicted molar refractivity (Wildman–Crippen MR) is 152 cm³/mol. The fraction of sp³-hybridized carbons (Fsp3) is 0.310. The molecule has 1 aliphatic rings. The molecule has 0 fully saturated rings. The number of benzene rings is 2. The summed E-state index contributed by atoms with van der Waals surface area (Å²) in [7, 11) is 0. The van der Waals surface area contributed by atoms with E-state index in [2.05, 4.69) is 46.8 Å². The Morgan fingerprint density at radius 1 is 1.21 bits per heavy atom. The number of aromatic nitrogens is 1. The van der Waals surface area contributed by atoms with Crippen LogP contribution >= 0.6 is 12.2 Å². The smallest absolute Gasteiger partial charge is 0.344 e. The van der Waals surface area contributed by atoms with Gasteiger partial charge in [0, 0.05) is 35.6 Å². The minimum Gasteiger partial charge on any atom is -0.482 e. The Hall–Kier alpha value is -3.98. The average Bonchev–Trinajstić information content (AvgIpc) is 2.91. The highest BCUT2D eigenvalue weighted by Gasteiger charge is 2.37. The van der Waals surface area contributed by atoms with Crippen LogP contribution in [0.4, 0.5) is 5.69 Å². The number of carbonyl (C=O) groups is 1. The molecule has 1 aromatic heterocycles. The van der Waals surface area contributed by atoms with Crippen LogP contribution in [0.5, 0.6) is 11.5 Å². The maximum atomic E-state index is 11.8. The minimum absolute atomic E-state index is 0.185. The summed E-state index contributed by atoms with van der Waals surface area (Å²) < 4.78 is 17.0. The van der Waals surface area contributed by atoms with Gasteiger partial charge in [0.05, 0.1) is 12.3 Å². The normalized spacial score (nSPS) is 17.3. The van der Waals surface area contributed by atoms with E-state index in [1.165, 1.54) is 5.56 Å². The molecule has 1 atom stereocenters. The Bertz CT molecular complexity index is 1310. The number of esters is 1. The molecule has 0 saturated carbocycles. The molecule has 0 amide bonds. The summed E-state index contributed by atoms with van der Waals surface area (Å²) >= 11 is 5.51. The summed E-state index contributed by atoms with van der Waals surface area (Å²) in [4.78, 5) is 16.0. The first kappa shape index (κ1) is 27.1. The van der Waals surface area contributed by atoms with E-state index < -0.39 is 11.6 Å². The second kappa shape index (κ2) is 12.0. The van der Waals surface area contributed by atoms with Crippen LogP contribution in [0.2, 0.25) is 0 Å². The Balaban J connectivity index is 1.57. The number of hydrogen-bond donors (Lipinski definition) is 2. The van der Waals surface area contributed by atoms with Crippen molar-refractivity contribution >= 4 is 34.7 Å². The summed E-state index contributed by atoms with van der Waals surface area (Å²) in [6, 6.07) is 17.4. The van der Waals surface area contributed by atoms with E-state index in [9.17, 15) is 4.79 Å². The van der Waals surface area contributed by atoms with Crippen molar-refractivity contribution in [3.05, 3.63) is 83.7 Å². The van der Waals surface area contributed by atoms with Gasteiger partial charge in [-0.2, -0.15) is 5.10 Å². The van der Waals surface area contributed by atoms with Crippen LogP contribution in [0.3, 0.4) is 0 Å². The van der Waals surface area contributed by atoms with Crippen molar-refractivity contribution in [2.24, 2.45) is 5.10 Å². The van der Waals surface area contributed by atoms with Crippen LogP contribution in [-0.4, -0.2) is 35.0 Å². The molecule has 0 radical (unpaired) electrons. The first-order valence-corrected chi connectivity index (χ1v) is 12.9. The largest absolute Gasteiger partial charge is 0.482 e. The van der Waals surface area contributed by atoms with Crippen LogP contribution in [0, 0.1) is 0 Å². The number of anilines is 1. The Morgan fingerprint density at radius 2 is 2.00 bits per heavy atom. The molecule has 2 N–H and O–H groups in total. The molecule has 2 aromatic carbocycles. The maximum Gasteiger partial charge on any atom is 0.344 e. The van der Waals surface area contributed by atoms with Crippen molar-refractivity contribution in [2.45, 2.75) is 45.6 Å². The summed E-state index contributed by atoms with van der Waals surface area (Å²) in [5.74, 6) is 1.16. The van der Waals surface area contributed by atoms with E-state index in [1.807, 2.05) is 37.3 Å². The van der Waals surface area contributed by atoms with Crippen LogP contribution in [-0.2, 0) is 15.1 Å². The molecule has 38 heavy (non-hydrogen) atoms. The highest BCUT2D eigenvalue weighted by molar-refractivity contribution is 7.80. The van der Waals surface area contributed by atoms with Crippen molar-refractivity contribution in [3.8, 4) is 11.5 Å². The topological polar surface area (TPSA) is 94.1 Å². The fourth-order valence-corrected chi connectivity index (χ4v) is 4.28. The van der Waals surface area contributed by atoms with Crippen LogP contribution in [0.25, 0.3) is 0 Å². The monoisotopic (exact) mass is 532 g/mol. The number of thiocarbonyl (C=S) groups is 1. The van der Waals surface area contributed by atoms with E-state index in [-0.39, 0.29) is 6.61 Å². The number of ether oxygens (including phenoxy) is 3. The van der Waals surface area contributed by atoms with Gasteiger partial charge in [-0.05, 0) is 73.9 Å². The van der Waals surface area contributed by atoms with Gasteiger partial charge in [0.25, 0.3) is 0 Å². The first-order chi connectivity index (χ1) is 18.3. The molecule has 0 saturated heterocycles. The average molecular weight is 533 g/mol. The van der Waals surface area contributed by atoms with Gasteiger partial charge in [-0.3, -0.25) is 10.4 Å². The van der Waals surface area contributed by atoms with Crippen molar-refractivity contribution in [1.29, 1.82) is 0 Å². The van der Waals surface area contributed by atoms with Crippen molar-refractivity contribution in [1.82, 2.24) is 10.4 Å². The third kappa shape index (κ3) is 6.66. The molecule has 0 aliphatic carbocycles. The number of hydrogen-bond acceptors (Lipinski definition) is 7. The van der Waals surface area contributed by atoms with Crippen molar-refractivity contribution < 1.29 is 19.0 Å². The zero-order chi connectivity index (χ0) is 27.1. The van der Waals surface area contributed by atoms with Gasteiger partial charge in [0.2, 0.25) is 0 Å². The van der Waals surface area contributed by atoms with Crippen molar-refractivity contribution in [2.75, 3.05) is 18.5 Å². The van der Waals surface area contributed by atoms with Gasteiger partial charge in [-0.1, -0.05) is 32.0 Å². The Morgan fingerprint density at radius 3 is 2.68 bits per heavy atom. The molecule has 3 aromatic rings. The third-order valence-corrected chi connectivity index (χ3v) is 6.36. The second-order valence-corrected chi connectivity index (χ2v) is 9.81. The molecule has 9 heteroatoms. The number of pyridine rings is 1. The molecule has 1 aliphatic heterocycles. The lowest BCUT2D eigenvalue weighted by Gasteiger charge is -2.36. The minimum atomic E-state index is -0.698. The number of carbonyl (C=O) groups excluding carboxylic acids is 1. The van der Waals surface area contributed by atoms with Gasteiger partial charge < -0.3 is 19.5 Å². The molecular weight excluding hydrogens is 500 g/mol. The van der Waals surface area contributed by atoms with Crippen LogP contribution in [0.15, 0.2) is 72.1 Å². The maximum absolute atomic E-state index is 11.8. The zero-order valence-corrected chi connectivity index (χ0v) is 22.8. The highest BCUT2D eigenvalue weighted by atomic mass is 32.1. The van der Waals surface area contributed by atoms with E-state index in [1.54, 1.807) is 31.5 Å². The van der Waals surface area contributed by atoms with Gasteiger partial charge in [-0.25, -0.2) is 4.79 Å². The molecule has 8 nitrogen and oxygen atoms in total. The summed E-state index contributed by atoms with van der Waals surface area (Å²) in [5, 5.41) is 8.21. The van der Waals surface area contributed by atoms with E-state index in [0.717, 1.165) is 22.5 Å². The number of nitrogens with one attached hydrogen (secondary N) is 2. The van der Waals surface area contributed by atoms with Crippen LogP contribution < -0.4 is 20.2 Å². The Kier molecular flexibility index (Phi) is 8.58. The lowest BCUT2D eigenvalue weighted by molar-refractivity contribution is -0.145. The highest BCUT2D eigenvalue weighted by Crippen LogP contribution is 2.40. The number of hydrazone groups is 1. The van der Waals surface area contributed by atoms with E-state index in [0.29, 0.717) is 35.6 Å². The summed E-state index contributed by atoms with van der Waals surface area (Å²) in [5.41, 5.74) is 6.79. The lowest BCUT2D eigenvalue weighted by Crippen LogP contribution is -2.38. The number of nitrogens with zero attached hydrogens (tertiary/aromatic N) is 2. The van der Waals surface area contributed by atoms with E-state index in [4.69, 9.17) is 26.4 Å². The Labute approximate surface area is 228 Å². The molecular formula is C29H32N4O4S. The molecule has 0 spiro atoms. The van der Waals surface area contributed by atoms with Gasteiger partial charge in [0.15, 0.2) is 11.7 Å². The van der Waals surface area contributed by atoms with Gasteiger partial charge >= 0.3 is 5.97 Å². The van der Waals surface area contributed by atoms with Crippen LogP contribution in [0.1, 0.15) is 56.7 Å². The van der Waals surface area contributed by atoms with Gasteiger partial charge in [-0.15, -0.1) is 0 Å². The molecule has 4 rings (SSSR count). The molecule has 0 bridgehead atoms. The summed E-state index contributed by atoms with van der Waals surface area (Å²) in [6.45, 7) is 8.18. The van der Waals surface area contributed by atoms with E-state index >= 15 is 0 Å². The number of fused-ring (bicyclic) bond motifs is 1. The SMILES string of the molecule is CCOC(=O)COc1ccc2c(c1)/C(=N\NC(=S)Nc1ccc(C(C)C)cc1)C[C@@](C)(c1cccnc1)O2. The zero-order valence-electron chi connectivity index (χ0n) is 22.0. The number of rotatable bonds is 8. The molecule has 198 valence electrons. The summed E-state index contributed by atoms with van der Waals surface area (Å²) in [6.07, 6.45) is 3.97. The standard InChI is InChI=1S/C29H32N4O4S/c1-5-35-27(34)18-36-23-12-13-26-24(15-23)25(16-29(4,37-26)21-7-6-14-30-17-21)32-33-28(38)31-22-10-8-20(9-11-22)19(2)3/h6-15,17,19H,5,16,18H2,1-4H3,(H2,31,33,38)/b32-25-/t29-/m0/s1.